The van der Waals surface area contributed by atoms with Gasteiger partial charge in [0.1, 0.15) is 5.75 Å². The number of rotatable bonds is 4. The number of carbonyl (C=O) groups is 1. The Labute approximate surface area is 182 Å². The van der Waals surface area contributed by atoms with Crippen LogP contribution in [0, 0.1) is 5.92 Å². The van der Waals surface area contributed by atoms with E-state index >= 15 is 0 Å². The number of nitrogens with zero attached hydrogens (tertiary/aromatic N) is 1. The SMILES string of the molecule is O=C(Oc1cccc2ccccc12)C1CCN(S(=O)(=O)c2ccc3c(c2)CCC3)CC1. The summed E-state index contributed by atoms with van der Waals surface area (Å²) < 4.78 is 33.4. The summed E-state index contributed by atoms with van der Waals surface area (Å²) in [5.41, 5.74) is 2.41. The number of hydrogen-bond acceptors (Lipinski definition) is 4. The predicted octanol–water partition coefficient (Wildman–Crippen LogP) is 4.33. The molecule has 0 saturated carbocycles. The molecule has 5 nitrogen and oxygen atoms in total. The molecule has 0 amide bonds. The zero-order valence-electron chi connectivity index (χ0n) is 17.3. The molecule has 0 radical (unpaired) electrons. The lowest BCUT2D eigenvalue weighted by molar-refractivity contribution is -0.140. The van der Waals surface area contributed by atoms with Crippen LogP contribution in [0.15, 0.2) is 65.6 Å². The van der Waals surface area contributed by atoms with Crippen LogP contribution in [0.4, 0.5) is 0 Å². The van der Waals surface area contributed by atoms with Crippen molar-refractivity contribution in [3.05, 3.63) is 71.8 Å². The van der Waals surface area contributed by atoms with Gasteiger partial charge in [-0.15, -0.1) is 0 Å². The van der Waals surface area contributed by atoms with Crippen molar-refractivity contribution in [3.63, 3.8) is 0 Å². The molecule has 1 heterocycles. The van der Waals surface area contributed by atoms with Gasteiger partial charge in [0, 0.05) is 18.5 Å². The Kier molecular flexibility index (Phi) is 5.28. The van der Waals surface area contributed by atoms with Gasteiger partial charge < -0.3 is 4.74 Å². The van der Waals surface area contributed by atoms with E-state index < -0.39 is 10.0 Å². The minimum atomic E-state index is -3.54. The van der Waals surface area contributed by atoms with Crippen LogP contribution >= 0.6 is 0 Å². The van der Waals surface area contributed by atoms with Crippen LogP contribution in [0.3, 0.4) is 0 Å². The number of sulfonamides is 1. The second-order valence-electron chi connectivity index (χ2n) is 8.36. The van der Waals surface area contributed by atoms with Gasteiger partial charge in [-0.3, -0.25) is 4.79 Å². The average molecular weight is 436 g/mol. The highest BCUT2D eigenvalue weighted by atomic mass is 32.2. The molecule has 0 atom stereocenters. The maximum atomic E-state index is 13.1. The Morgan fingerprint density at radius 3 is 2.48 bits per heavy atom. The van der Waals surface area contributed by atoms with E-state index in [-0.39, 0.29) is 11.9 Å². The van der Waals surface area contributed by atoms with Gasteiger partial charge in [-0.05, 0) is 66.8 Å². The Balaban J connectivity index is 1.26. The van der Waals surface area contributed by atoms with Crippen molar-refractivity contribution in [1.82, 2.24) is 4.31 Å². The minimum Gasteiger partial charge on any atom is -0.426 e. The van der Waals surface area contributed by atoms with Crippen LogP contribution in [0.25, 0.3) is 10.8 Å². The summed E-state index contributed by atoms with van der Waals surface area (Å²) in [6.45, 7) is 0.656. The maximum Gasteiger partial charge on any atom is 0.314 e. The molecule has 3 aromatic rings. The number of carbonyl (C=O) groups excluding carboxylic acids is 1. The molecule has 1 aliphatic carbocycles. The van der Waals surface area contributed by atoms with Crippen LogP contribution in [-0.2, 0) is 27.7 Å². The highest BCUT2D eigenvalue weighted by Gasteiger charge is 2.33. The number of aryl methyl sites for hydroxylation is 2. The van der Waals surface area contributed by atoms with Crippen LogP contribution in [-0.4, -0.2) is 31.8 Å². The van der Waals surface area contributed by atoms with Crippen molar-refractivity contribution in [1.29, 1.82) is 0 Å². The molecule has 0 aromatic heterocycles. The molecule has 1 aliphatic heterocycles. The standard InChI is InChI=1S/C25H25NO4S/c27-25(30-24-10-4-7-19-5-1-2-9-23(19)24)20-13-15-26(16-14-20)31(28,29)22-12-11-18-6-3-8-21(18)17-22/h1-2,4-5,7,9-12,17,20H,3,6,8,13-16H2. The van der Waals surface area contributed by atoms with Gasteiger partial charge in [0.15, 0.2) is 0 Å². The number of ether oxygens (including phenoxy) is 1. The quantitative estimate of drug-likeness (QED) is 0.452. The van der Waals surface area contributed by atoms with E-state index in [9.17, 15) is 13.2 Å². The number of fused-ring (bicyclic) bond motifs is 2. The van der Waals surface area contributed by atoms with E-state index in [0.29, 0.717) is 36.6 Å². The Morgan fingerprint density at radius 2 is 1.65 bits per heavy atom. The number of benzene rings is 3. The van der Waals surface area contributed by atoms with Crippen LogP contribution < -0.4 is 4.74 Å². The van der Waals surface area contributed by atoms with Crippen LogP contribution in [0.2, 0.25) is 0 Å². The summed E-state index contributed by atoms with van der Waals surface area (Å²) in [6, 6.07) is 18.9. The zero-order chi connectivity index (χ0) is 21.4. The first-order valence-electron chi connectivity index (χ1n) is 10.8. The third kappa shape index (κ3) is 3.86. The van der Waals surface area contributed by atoms with Crippen molar-refractivity contribution >= 4 is 26.8 Å². The normalized spacial score (nSPS) is 17.5. The van der Waals surface area contributed by atoms with Crippen molar-refractivity contribution in [2.45, 2.75) is 37.0 Å². The van der Waals surface area contributed by atoms with E-state index in [2.05, 4.69) is 0 Å². The van der Waals surface area contributed by atoms with Crippen LogP contribution in [0.1, 0.15) is 30.4 Å². The van der Waals surface area contributed by atoms with Crippen molar-refractivity contribution in [3.8, 4) is 5.75 Å². The van der Waals surface area contributed by atoms with E-state index in [1.807, 2.05) is 48.5 Å². The molecule has 2 aliphatic rings. The van der Waals surface area contributed by atoms with Crippen molar-refractivity contribution < 1.29 is 17.9 Å². The lowest BCUT2D eigenvalue weighted by Crippen LogP contribution is -2.41. The Bertz CT molecular complexity index is 1240. The fourth-order valence-corrected chi connectivity index (χ4v) is 6.19. The highest BCUT2D eigenvalue weighted by molar-refractivity contribution is 7.89. The number of hydrogen-bond donors (Lipinski definition) is 0. The first-order valence-corrected chi connectivity index (χ1v) is 12.3. The number of piperidine rings is 1. The summed E-state index contributed by atoms with van der Waals surface area (Å²) in [4.78, 5) is 13.1. The second kappa shape index (κ2) is 8.09. The molecule has 6 heteroatoms. The van der Waals surface area contributed by atoms with Gasteiger partial charge >= 0.3 is 5.97 Å². The van der Waals surface area contributed by atoms with Crippen molar-refractivity contribution in [2.24, 2.45) is 5.92 Å². The lowest BCUT2D eigenvalue weighted by atomic mass is 9.98. The molecular weight excluding hydrogens is 410 g/mol. The summed E-state index contributed by atoms with van der Waals surface area (Å²) in [7, 11) is -3.54. The summed E-state index contributed by atoms with van der Waals surface area (Å²) in [6.07, 6.45) is 3.99. The Morgan fingerprint density at radius 1 is 0.903 bits per heavy atom. The smallest absolute Gasteiger partial charge is 0.314 e. The molecule has 3 aromatic carbocycles. The minimum absolute atomic E-state index is 0.286. The highest BCUT2D eigenvalue weighted by Crippen LogP contribution is 2.30. The molecule has 5 rings (SSSR count). The van der Waals surface area contributed by atoms with Gasteiger partial charge in [-0.25, -0.2) is 8.42 Å². The molecule has 31 heavy (non-hydrogen) atoms. The van der Waals surface area contributed by atoms with E-state index in [1.54, 1.807) is 12.1 Å². The van der Waals surface area contributed by atoms with Crippen LogP contribution in [0.5, 0.6) is 5.75 Å². The molecule has 0 spiro atoms. The largest absolute Gasteiger partial charge is 0.426 e. The van der Waals surface area contributed by atoms with Gasteiger partial charge in [-0.1, -0.05) is 42.5 Å². The lowest BCUT2D eigenvalue weighted by Gasteiger charge is -2.30. The topological polar surface area (TPSA) is 63.7 Å². The molecule has 0 unspecified atom stereocenters. The average Bonchev–Trinajstić information content (AvgIpc) is 3.27. The zero-order valence-corrected chi connectivity index (χ0v) is 18.1. The fourth-order valence-electron chi connectivity index (χ4n) is 4.67. The third-order valence-electron chi connectivity index (χ3n) is 6.46. The first-order chi connectivity index (χ1) is 15.0. The summed E-state index contributed by atoms with van der Waals surface area (Å²) >= 11 is 0. The third-order valence-corrected chi connectivity index (χ3v) is 8.35. The first kappa shape index (κ1) is 20.2. The molecule has 1 fully saturated rings. The molecule has 0 bridgehead atoms. The van der Waals surface area contributed by atoms with Crippen molar-refractivity contribution in [2.75, 3.05) is 13.1 Å². The molecule has 160 valence electrons. The molecule has 1 saturated heterocycles. The van der Waals surface area contributed by atoms with Gasteiger partial charge in [0.2, 0.25) is 10.0 Å². The van der Waals surface area contributed by atoms with Gasteiger partial charge in [-0.2, -0.15) is 4.31 Å². The predicted molar refractivity (Wildman–Crippen MR) is 120 cm³/mol. The molecular formula is C25H25NO4S. The van der Waals surface area contributed by atoms with E-state index in [0.717, 1.165) is 35.6 Å². The second-order valence-corrected chi connectivity index (χ2v) is 10.3. The van der Waals surface area contributed by atoms with E-state index in [4.69, 9.17) is 4.74 Å². The van der Waals surface area contributed by atoms with Gasteiger partial charge in [0.05, 0.1) is 10.8 Å². The maximum absolute atomic E-state index is 13.1. The number of esters is 1. The summed E-state index contributed by atoms with van der Waals surface area (Å²) in [5.74, 6) is -0.0346. The monoisotopic (exact) mass is 435 g/mol. The molecule has 0 N–H and O–H groups in total. The van der Waals surface area contributed by atoms with Gasteiger partial charge in [0.25, 0.3) is 0 Å². The Hall–Kier alpha value is -2.70. The fraction of sp³-hybridized carbons (Fsp3) is 0.320. The summed E-state index contributed by atoms with van der Waals surface area (Å²) in [5, 5.41) is 1.91. The van der Waals surface area contributed by atoms with E-state index in [1.165, 1.54) is 9.87 Å².